The molecule has 3 heterocycles. The number of nitrogens with zero attached hydrogens (tertiary/aromatic N) is 3. The standard InChI is InChI=1S/C19H22N4O3/c24-17(23-11-14-7-4-8-15(12-23)20-19(14)25)10-9-16-21-18(22-26-16)13-5-2-1-3-6-13/h1-3,5-6,14-15H,4,7-12H2,(H,20,25)/t14-,15-/m0/s1. The van der Waals surface area contributed by atoms with Crippen molar-refractivity contribution in [3.05, 3.63) is 36.2 Å². The summed E-state index contributed by atoms with van der Waals surface area (Å²) in [6.45, 7) is 1.11. The van der Waals surface area contributed by atoms with Crippen LogP contribution in [0.4, 0.5) is 0 Å². The molecule has 26 heavy (non-hydrogen) atoms. The summed E-state index contributed by atoms with van der Waals surface area (Å²) >= 11 is 0. The van der Waals surface area contributed by atoms with Gasteiger partial charge in [0.05, 0.1) is 5.92 Å². The molecule has 0 unspecified atom stereocenters. The third kappa shape index (κ3) is 3.61. The van der Waals surface area contributed by atoms with Crippen LogP contribution in [-0.2, 0) is 16.0 Å². The van der Waals surface area contributed by atoms with E-state index in [1.165, 1.54) is 0 Å². The summed E-state index contributed by atoms with van der Waals surface area (Å²) in [5.74, 6) is 1.04. The molecule has 2 bridgehead atoms. The van der Waals surface area contributed by atoms with E-state index in [4.69, 9.17) is 4.52 Å². The highest BCUT2D eigenvalue weighted by atomic mass is 16.5. The Morgan fingerprint density at radius 3 is 2.92 bits per heavy atom. The molecule has 2 aliphatic heterocycles. The third-order valence-electron chi connectivity index (χ3n) is 5.11. The minimum Gasteiger partial charge on any atom is -0.351 e. The quantitative estimate of drug-likeness (QED) is 0.904. The molecule has 1 aromatic heterocycles. The van der Waals surface area contributed by atoms with Gasteiger partial charge in [0.15, 0.2) is 0 Å². The summed E-state index contributed by atoms with van der Waals surface area (Å²) in [6, 6.07) is 9.67. The van der Waals surface area contributed by atoms with E-state index in [0.29, 0.717) is 37.6 Å². The number of nitrogens with one attached hydrogen (secondary N) is 1. The SMILES string of the molecule is O=C1N[C@H]2CCC[C@H]1CN(C(=O)CCc1nc(-c3ccccc3)no1)C2. The maximum absolute atomic E-state index is 12.6. The molecule has 1 aromatic carbocycles. The van der Waals surface area contributed by atoms with Crippen molar-refractivity contribution < 1.29 is 14.1 Å². The van der Waals surface area contributed by atoms with Crippen LogP contribution < -0.4 is 5.32 Å². The molecule has 0 saturated carbocycles. The van der Waals surface area contributed by atoms with Gasteiger partial charge in [-0.2, -0.15) is 4.98 Å². The number of carbonyl (C=O) groups is 2. The number of benzene rings is 1. The number of aromatic nitrogens is 2. The van der Waals surface area contributed by atoms with Crippen molar-refractivity contribution in [1.29, 1.82) is 0 Å². The maximum Gasteiger partial charge on any atom is 0.227 e. The monoisotopic (exact) mass is 354 g/mol. The van der Waals surface area contributed by atoms with Crippen LogP contribution in [0.2, 0.25) is 0 Å². The second-order valence-corrected chi connectivity index (χ2v) is 7.01. The van der Waals surface area contributed by atoms with Gasteiger partial charge in [-0.15, -0.1) is 0 Å². The lowest BCUT2D eigenvalue weighted by atomic mass is 9.99. The average molecular weight is 354 g/mol. The Bertz CT molecular complexity index is 789. The molecule has 4 rings (SSSR count). The summed E-state index contributed by atoms with van der Waals surface area (Å²) in [7, 11) is 0. The van der Waals surface area contributed by atoms with Crippen LogP contribution in [0.1, 0.15) is 31.6 Å². The predicted molar refractivity (Wildman–Crippen MR) is 93.9 cm³/mol. The smallest absolute Gasteiger partial charge is 0.227 e. The van der Waals surface area contributed by atoms with Gasteiger partial charge in [-0.25, -0.2) is 0 Å². The first-order valence-electron chi connectivity index (χ1n) is 9.15. The Balaban J connectivity index is 1.37. The average Bonchev–Trinajstić information content (AvgIpc) is 2.97. The van der Waals surface area contributed by atoms with Gasteiger partial charge in [0.1, 0.15) is 0 Å². The minimum atomic E-state index is -0.0838. The number of carbonyl (C=O) groups excluding carboxylic acids is 2. The van der Waals surface area contributed by atoms with E-state index in [-0.39, 0.29) is 23.8 Å². The molecule has 0 radical (unpaired) electrons. The van der Waals surface area contributed by atoms with E-state index in [1.807, 2.05) is 35.2 Å². The van der Waals surface area contributed by atoms with Crippen molar-refractivity contribution in [3.8, 4) is 11.4 Å². The second-order valence-electron chi connectivity index (χ2n) is 7.01. The van der Waals surface area contributed by atoms with Gasteiger partial charge in [0.2, 0.25) is 23.5 Å². The predicted octanol–water partition coefficient (Wildman–Crippen LogP) is 1.80. The van der Waals surface area contributed by atoms with Gasteiger partial charge in [-0.05, 0) is 12.8 Å². The largest absolute Gasteiger partial charge is 0.351 e. The van der Waals surface area contributed by atoms with Gasteiger partial charge < -0.3 is 14.7 Å². The highest BCUT2D eigenvalue weighted by Crippen LogP contribution is 2.22. The summed E-state index contributed by atoms with van der Waals surface area (Å²) in [4.78, 5) is 30.9. The first-order chi connectivity index (χ1) is 12.7. The van der Waals surface area contributed by atoms with Crippen LogP contribution in [0.5, 0.6) is 0 Å². The molecule has 2 atom stereocenters. The van der Waals surface area contributed by atoms with Crippen LogP contribution >= 0.6 is 0 Å². The van der Waals surface area contributed by atoms with Gasteiger partial charge in [-0.3, -0.25) is 9.59 Å². The zero-order valence-electron chi connectivity index (χ0n) is 14.6. The highest BCUT2D eigenvalue weighted by Gasteiger charge is 2.34. The van der Waals surface area contributed by atoms with Crippen LogP contribution in [0, 0.1) is 5.92 Å². The Kier molecular flexibility index (Phi) is 4.69. The van der Waals surface area contributed by atoms with Crippen LogP contribution in [0.25, 0.3) is 11.4 Å². The van der Waals surface area contributed by atoms with Gasteiger partial charge in [0, 0.05) is 37.5 Å². The normalized spacial score (nSPS) is 22.6. The summed E-state index contributed by atoms with van der Waals surface area (Å²) in [5.41, 5.74) is 0.888. The number of likely N-dealkylation sites (tertiary alicyclic amines) is 1. The third-order valence-corrected chi connectivity index (χ3v) is 5.11. The van der Waals surface area contributed by atoms with Crippen LogP contribution in [-0.4, -0.2) is 46.0 Å². The van der Waals surface area contributed by atoms with Crippen molar-refractivity contribution in [3.63, 3.8) is 0 Å². The Hall–Kier alpha value is -2.70. The molecule has 2 saturated heterocycles. The lowest BCUT2D eigenvalue weighted by Crippen LogP contribution is -2.41. The molecular formula is C19H22N4O3. The Morgan fingerprint density at radius 2 is 2.08 bits per heavy atom. The van der Waals surface area contributed by atoms with Crippen molar-refractivity contribution in [2.75, 3.05) is 13.1 Å². The Morgan fingerprint density at radius 1 is 1.23 bits per heavy atom. The topological polar surface area (TPSA) is 88.3 Å². The Labute approximate surface area is 151 Å². The fourth-order valence-corrected chi connectivity index (χ4v) is 3.69. The second kappa shape index (κ2) is 7.27. The molecule has 136 valence electrons. The van der Waals surface area contributed by atoms with Crippen molar-refractivity contribution in [2.45, 2.75) is 38.1 Å². The van der Waals surface area contributed by atoms with E-state index >= 15 is 0 Å². The van der Waals surface area contributed by atoms with Gasteiger partial charge in [0.25, 0.3) is 0 Å². The summed E-state index contributed by atoms with van der Waals surface area (Å²) in [6.07, 6.45) is 3.56. The van der Waals surface area contributed by atoms with E-state index in [0.717, 1.165) is 24.8 Å². The lowest BCUT2D eigenvalue weighted by Gasteiger charge is -2.27. The number of hydrogen-bond acceptors (Lipinski definition) is 5. The number of rotatable bonds is 4. The number of amides is 2. The first kappa shape index (κ1) is 16.8. The van der Waals surface area contributed by atoms with Crippen molar-refractivity contribution in [1.82, 2.24) is 20.4 Å². The number of fused-ring (bicyclic) bond motifs is 3. The first-order valence-corrected chi connectivity index (χ1v) is 9.15. The molecule has 1 N–H and O–H groups in total. The van der Waals surface area contributed by atoms with E-state index in [2.05, 4.69) is 15.5 Å². The van der Waals surface area contributed by atoms with Crippen molar-refractivity contribution in [2.24, 2.45) is 5.92 Å². The van der Waals surface area contributed by atoms with Crippen molar-refractivity contribution >= 4 is 11.8 Å². The fourth-order valence-electron chi connectivity index (χ4n) is 3.69. The number of hydrogen-bond donors (Lipinski definition) is 1. The van der Waals surface area contributed by atoms with Gasteiger partial charge in [-0.1, -0.05) is 41.9 Å². The fraction of sp³-hybridized carbons (Fsp3) is 0.474. The van der Waals surface area contributed by atoms with Crippen LogP contribution in [0.15, 0.2) is 34.9 Å². The molecule has 2 amide bonds. The molecular weight excluding hydrogens is 332 g/mol. The summed E-state index contributed by atoms with van der Waals surface area (Å²) in [5, 5.41) is 7.03. The molecule has 7 heteroatoms. The molecule has 2 aromatic rings. The lowest BCUT2D eigenvalue weighted by molar-refractivity contribution is -0.132. The number of aryl methyl sites for hydroxylation is 1. The zero-order chi connectivity index (χ0) is 17.9. The van der Waals surface area contributed by atoms with E-state index in [1.54, 1.807) is 0 Å². The molecule has 0 aliphatic carbocycles. The maximum atomic E-state index is 12.6. The van der Waals surface area contributed by atoms with E-state index in [9.17, 15) is 9.59 Å². The van der Waals surface area contributed by atoms with Gasteiger partial charge >= 0.3 is 0 Å². The molecule has 0 spiro atoms. The summed E-state index contributed by atoms with van der Waals surface area (Å²) < 4.78 is 5.27. The van der Waals surface area contributed by atoms with E-state index < -0.39 is 0 Å². The molecule has 7 nitrogen and oxygen atoms in total. The zero-order valence-corrected chi connectivity index (χ0v) is 14.6. The molecule has 2 fully saturated rings. The van der Waals surface area contributed by atoms with Crippen LogP contribution in [0.3, 0.4) is 0 Å². The minimum absolute atomic E-state index is 0.0397. The highest BCUT2D eigenvalue weighted by molar-refractivity contribution is 5.82. The molecule has 2 aliphatic rings.